The van der Waals surface area contributed by atoms with E-state index in [1.807, 2.05) is 18.2 Å². The fraction of sp³-hybridized carbons (Fsp3) is 0.200. The number of rotatable bonds is 2. The molecule has 0 atom stereocenters. The Hall–Kier alpha value is -1.31. The van der Waals surface area contributed by atoms with Crippen molar-refractivity contribution in [1.29, 1.82) is 5.26 Å². The fourth-order valence-corrected chi connectivity index (χ4v) is 2.72. The van der Waals surface area contributed by atoms with Crippen molar-refractivity contribution < 1.29 is 0 Å². The van der Waals surface area contributed by atoms with E-state index >= 15 is 0 Å². The lowest BCUT2D eigenvalue weighted by Crippen LogP contribution is -2.12. The number of nitrogens with zero attached hydrogens (tertiary/aromatic N) is 2. The third-order valence-corrected chi connectivity index (χ3v) is 3.33. The van der Waals surface area contributed by atoms with E-state index in [2.05, 4.69) is 0 Å². The monoisotopic (exact) mass is 238 g/mol. The average Bonchev–Trinajstić information content (AvgIpc) is 2.53. The summed E-state index contributed by atoms with van der Waals surface area (Å²) < 4.78 is 2.43. The van der Waals surface area contributed by atoms with Crippen LogP contribution in [-0.4, -0.2) is 4.57 Å². The van der Waals surface area contributed by atoms with Gasteiger partial charge in [-0.15, -0.1) is 0 Å². The van der Waals surface area contributed by atoms with Crippen molar-refractivity contribution in [3.05, 3.63) is 32.9 Å². The number of halogens is 1. The van der Waals surface area contributed by atoms with Gasteiger partial charge in [-0.25, -0.2) is 0 Å². The minimum absolute atomic E-state index is 0.0617. The summed E-state index contributed by atoms with van der Waals surface area (Å²) in [6, 6.07) is 7.44. The Morgan fingerprint density at radius 1 is 1.53 bits per heavy atom. The Bertz CT molecular complexity index is 593. The van der Waals surface area contributed by atoms with E-state index in [-0.39, 0.29) is 4.87 Å². The van der Waals surface area contributed by atoms with Crippen molar-refractivity contribution in [3.63, 3.8) is 0 Å². The van der Waals surface area contributed by atoms with E-state index < -0.39 is 0 Å². The van der Waals surface area contributed by atoms with Crippen molar-refractivity contribution in [3.8, 4) is 6.07 Å². The van der Waals surface area contributed by atoms with Crippen molar-refractivity contribution in [2.24, 2.45) is 0 Å². The molecular formula is C10H7ClN2OS. The molecule has 0 unspecified atom stereocenters. The van der Waals surface area contributed by atoms with Crippen molar-refractivity contribution >= 4 is 33.2 Å². The highest BCUT2D eigenvalue weighted by molar-refractivity contribution is 7.16. The first kappa shape index (κ1) is 10.2. The molecular weight excluding hydrogens is 232 g/mol. The Morgan fingerprint density at radius 2 is 2.33 bits per heavy atom. The SMILES string of the molecule is N#CCCn1c(=O)sc2cccc(Cl)c21. The van der Waals surface area contributed by atoms with Gasteiger partial charge in [-0.3, -0.25) is 9.36 Å². The molecule has 1 heterocycles. The molecule has 0 aliphatic heterocycles. The Kier molecular flexibility index (Phi) is 2.76. The van der Waals surface area contributed by atoms with Crippen LogP contribution in [-0.2, 0) is 6.54 Å². The van der Waals surface area contributed by atoms with Gasteiger partial charge in [0.15, 0.2) is 0 Å². The number of aryl methyl sites for hydroxylation is 1. The molecule has 0 bridgehead atoms. The zero-order valence-electron chi connectivity index (χ0n) is 7.74. The van der Waals surface area contributed by atoms with Crippen LogP contribution in [0.3, 0.4) is 0 Å². The van der Waals surface area contributed by atoms with Crippen LogP contribution in [0, 0.1) is 11.3 Å². The lowest BCUT2D eigenvalue weighted by atomic mass is 10.3. The topological polar surface area (TPSA) is 45.8 Å². The molecule has 2 rings (SSSR count). The van der Waals surface area contributed by atoms with Crippen LogP contribution in [0.15, 0.2) is 23.0 Å². The summed E-state index contributed by atoms with van der Waals surface area (Å²) in [7, 11) is 0. The Balaban J connectivity index is 2.67. The molecule has 0 saturated carbocycles. The van der Waals surface area contributed by atoms with Gasteiger partial charge in [0.05, 0.1) is 27.7 Å². The van der Waals surface area contributed by atoms with Gasteiger partial charge >= 0.3 is 4.87 Å². The van der Waals surface area contributed by atoms with E-state index in [1.165, 1.54) is 0 Å². The molecule has 0 N–H and O–H groups in total. The molecule has 2 aromatic rings. The zero-order chi connectivity index (χ0) is 10.8. The van der Waals surface area contributed by atoms with Gasteiger partial charge in [-0.1, -0.05) is 29.0 Å². The van der Waals surface area contributed by atoms with E-state index in [0.29, 0.717) is 18.0 Å². The number of hydrogen-bond acceptors (Lipinski definition) is 3. The van der Waals surface area contributed by atoms with Crippen LogP contribution < -0.4 is 4.87 Å². The molecule has 5 heteroatoms. The van der Waals surface area contributed by atoms with E-state index in [1.54, 1.807) is 10.6 Å². The van der Waals surface area contributed by atoms with Crippen molar-refractivity contribution in [2.75, 3.05) is 0 Å². The van der Waals surface area contributed by atoms with Crippen LogP contribution >= 0.6 is 22.9 Å². The van der Waals surface area contributed by atoms with Gasteiger partial charge in [0.2, 0.25) is 0 Å². The van der Waals surface area contributed by atoms with Gasteiger partial charge in [0.25, 0.3) is 0 Å². The predicted octanol–water partition coefficient (Wildman–Crippen LogP) is 2.63. The summed E-state index contributed by atoms with van der Waals surface area (Å²) in [5, 5.41) is 9.06. The normalized spacial score (nSPS) is 10.4. The minimum atomic E-state index is -0.0617. The molecule has 0 aliphatic carbocycles. The first-order chi connectivity index (χ1) is 7.24. The largest absolute Gasteiger partial charge is 0.308 e. The number of benzene rings is 1. The molecule has 0 fully saturated rings. The maximum Gasteiger partial charge on any atom is 0.308 e. The highest BCUT2D eigenvalue weighted by Crippen LogP contribution is 2.25. The number of nitriles is 1. The fourth-order valence-electron chi connectivity index (χ4n) is 1.45. The molecule has 0 spiro atoms. The van der Waals surface area contributed by atoms with Crippen LogP contribution in [0.5, 0.6) is 0 Å². The lowest BCUT2D eigenvalue weighted by molar-refractivity contribution is 0.729. The summed E-state index contributed by atoms with van der Waals surface area (Å²) in [6.07, 6.45) is 0.316. The molecule has 0 aliphatic rings. The summed E-state index contributed by atoms with van der Waals surface area (Å²) in [5.41, 5.74) is 0.740. The Morgan fingerprint density at radius 3 is 3.07 bits per heavy atom. The number of fused-ring (bicyclic) bond motifs is 1. The number of para-hydroxylation sites is 1. The molecule has 76 valence electrons. The molecule has 0 saturated heterocycles. The average molecular weight is 239 g/mol. The third kappa shape index (κ3) is 1.76. The zero-order valence-corrected chi connectivity index (χ0v) is 9.31. The van der Waals surface area contributed by atoms with Crippen LogP contribution in [0.1, 0.15) is 6.42 Å². The Labute approximate surface area is 95.1 Å². The highest BCUT2D eigenvalue weighted by Gasteiger charge is 2.09. The second-order valence-electron chi connectivity index (χ2n) is 3.01. The smallest absolute Gasteiger partial charge is 0.296 e. The summed E-state index contributed by atoms with van der Waals surface area (Å²) in [4.78, 5) is 11.5. The summed E-state index contributed by atoms with van der Waals surface area (Å²) in [5.74, 6) is 0. The van der Waals surface area contributed by atoms with Gasteiger partial charge in [-0.05, 0) is 12.1 Å². The highest BCUT2D eigenvalue weighted by atomic mass is 35.5. The standard InChI is InChI=1S/C10H7ClN2OS/c11-7-3-1-4-8-9(7)13(6-2-5-12)10(14)15-8/h1,3-4H,2,6H2. The van der Waals surface area contributed by atoms with Gasteiger partial charge in [0.1, 0.15) is 0 Å². The minimum Gasteiger partial charge on any atom is -0.296 e. The molecule has 1 aromatic heterocycles. The predicted molar refractivity (Wildman–Crippen MR) is 61.3 cm³/mol. The molecule has 0 amide bonds. The summed E-state index contributed by atoms with van der Waals surface area (Å²) >= 11 is 7.18. The van der Waals surface area contributed by atoms with E-state index in [9.17, 15) is 4.79 Å². The van der Waals surface area contributed by atoms with Gasteiger partial charge < -0.3 is 0 Å². The first-order valence-corrected chi connectivity index (χ1v) is 5.58. The number of thiazole rings is 1. The second kappa shape index (κ2) is 4.05. The van der Waals surface area contributed by atoms with Crippen molar-refractivity contribution in [2.45, 2.75) is 13.0 Å². The van der Waals surface area contributed by atoms with Crippen LogP contribution in [0.25, 0.3) is 10.2 Å². The van der Waals surface area contributed by atoms with E-state index in [0.717, 1.165) is 21.6 Å². The number of aromatic nitrogens is 1. The van der Waals surface area contributed by atoms with Crippen LogP contribution in [0.2, 0.25) is 5.02 Å². The molecule has 0 radical (unpaired) electrons. The maximum absolute atomic E-state index is 11.6. The van der Waals surface area contributed by atoms with Gasteiger partial charge in [-0.2, -0.15) is 5.26 Å². The second-order valence-corrected chi connectivity index (χ2v) is 4.41. The molecule has 1 aromatic carbocycles. The third-order valence-electron chi connectivity index (χ3n) is 2.08. The maximum atomic E-state index is 11.6. The quantitative estimate of drug-likeness (QED) is 0.808. The van der Waals surface area contributed by atoms with E-state index in [4.69, 9.17) is 16.9 Å². The number of hydrogen-bond donors (Lipinski definition) is 0. The van der Waals surface area contributed by atoms with Gasteiger partial charge in [0, 0.05) is 6.54 Å². The molecule has 3 nitrogen and oxygen atoms in total. The molecule has 15 heavy (non-hydrogen) atoms. The van der Waals surface area contributed by atoms with Crippen LogP contribution in [0.4, 0.5) is 0 Å². The summed E-state index contributed by atoms with van der Waals surface area (Å²) in [6.45, 7) is 0.402. The van der Waals surface area contributed by atoms with Crippen molar-refractivity contribution in [1.82, 2.24) is 4.57 Å². The lowest BCUT2D eigenvalue weighted by Gasteiger charge is -2.00. The first-order valence-electron chi connectivity index (χ1n) is 4.39.